The second-order valence-electron chi connectivity index (χ2n) is 9.30. The van der Waals surface area contributed by atoms with E-state index in [0.717, 1.165) is 0 Å². The zero-order valence-corrected chi connectivity index (χ0v) is 22.8. The number of dihydropyridines is 1. The third-order valence-electron chi connectivity index (χ3n) is 6.35. The van der Waals surface area contributed by atoms with Gasteiger partial charge in [0, 0.05) is 30.1 Å². The van der Waals surface area contributed by atoms with Crippen molar-refractivity contribution in [1.29, 1.82) is 0 Å². The molecule has 0 aromatic heterocycles. The molecule has 0 bridgehead atoms. The normalized spacial score (nSPS) is 15.8. The molecule has 0 saturated heterocycles. The van der Waals surface area contributed by atoms with Crippen molar-refractivity contribution in [2.75, 3.05) is 33.4 Å². The van der Waals surface area contributed by atoms with Crippen molar-refractivity contribution in [3.8, 4) is 5.75 Å². The predicted octanol–water partition coefficient (Wildman–Crippen LogP) is 3.36. The number of nitro groups is 1. The number of nitrogens with zero attached hydrogens (tertiary/aromatic N) is 1. The molecule has 0 radical (unpaired) electrons. The number of aliphatic hydroxyl groups excluding tert-OH is 1. The van der Waals surface area contributed by atoms with E-state index in [1.54, 1.807) is 19.9 Å². The average molecular weight is 554 g/mol. The van der Waals surface area contributed by atoms with E-state index in [1.165, 1.54) is 25.3 Å². The van der Waals surface area contributed by atoms with E-state index in [2.05, 4.69) is 10.6 Å². The Labute approximate surface area is 233 Å². The zero-order chi connectivity index (χ0) is 29.1. The molecule has 0 fully saturated rings. The first kappa shape index (κ1) is 30.3. The minimum Gasteiger partial charge on any atom is -0.491 e. The first-order valence-corrected chi connectivity index (χ1v) is 13.0. The van der Waals surface area contributed by atoms with E-state index in [-0.39, 0.29) is 30.0 Å². The van der Waals surface area contributed by atoms with Crippen molar-refractivity contribution in [1.82, 2.24) is 10.6 Å². The highest BCUT2D eigenvalue weighted by Gasteiger charge is 2.38. The molecular weight excluding hydrogens is 518 g/mol. The first-order chi connectivity index (χ1) is 19.2. The summed E-state index contributed by atoms with van der Waals surface area (Å²) < 4.78 is 16.0. The van der Waals surface area contributed by atoms with Gasteiger partial charge in [0.25, 0.3) is 5.69 Å². The second-order valence-corrected chi connectivity index (χ2v) is 9.30. The van der Waals surface area contributed by atoms with Crippen LogP contribution in [0.5, 0.6) is 5.75 Å². The Kier molecular flexibility index (Phi) is 11.2. The average Bonchev–Trinajstić information content (AvgIpc) is 2.95. The zero-order valence-electron chi connectivity index (χ0n) is 22.8. The lowest BCUT2D eigenvalue weighted by molar-refractivity contribution is -0.384. The summed E-state index contributed by atoms with van der Waals surface area (Å²) in [7, 11) is 1.24. The fourth-order valence-electron chi connectivity index (χ4n) is 4.43. The number of ether oxygens (including phenoxy) is 3. The first-order valence-electron chi connectivity index (χ1n) is 13.0. The van der Waals surface area contributed by atoms with Crippen molar-refractivity contribution in [2.45, 2.75) is 38.7 Å². The van der Waals surface area contributed by atoms with Gasteiger partial charge in [0.1, 0.15) is 18.5 Å². The maximum atomic E-state index is 13.3. The number of hydrogen-bond donors (Lipinski definition) is 3. The molecule has 214 valence electrons. The number of methoxy groups -OCH3 is 1. The van der Waals surface area contributed by atoms with Gasteiger partial charge in [-0.15, -0.1) is 0 Å². The highest BCUT2D eigenvalue weighted by molar-refractivity contribution is 5.99. The van der Waals surface area contributed by atoms with Gasteiger partial charge in [0.15, 0.2) is 0 Å². The Hall–Kier alpha value is -4.22. The van der Waals surface area contributed by atoms with E-state index in [4.69, 9.17) is 14.2 Å². The highest BCUT2D eigenvalue weighted by atomic mass is 16.6. The summed E-state index contributed by atoms with van der Waals surface area (Å²) in [6.45, 7) is 4.64. The van der Waals surface area contributed by atoms with Crippen LogP contribution in [0.15, 0.2) is 77.1 Å². The van der Waals surface area contributed by atoms with Crippen LogP contribution in [0.4, 0.5) is 5.69 Å². The van der Waals surface area contributed by atoms with Gasteiger partial charge in [-0.3, -0.25) is 10.1 Å². The van der Waals surface area contributed by atoms with Gasteiger partial charge < -0.3 is 30.0 Å². The Bertz CT molecular complexity index is 1260. The summed E-state index contributed by atoms with van der Waals surface area (Å²) >= 11 is 0. The number of aliphatic hydroxyl groups is 1. The highest BCUT2D eigenvalue weighted by Crippen LogP contribution is 2.40. The molecule has 0 amide bonds. The summed E-state index contributed by atoms with van der Waals surface area (Å²) in [5.74, 6) is -1.49. The van der Waals surface area contributed by atoms with Gasteiger partial charge in [-0.25, -0.2) is 9.59 Å². The van der Waals surface area contributed by atoms with E-state index in [0.29, 0.717) is 48.6 Å². The van der Waals surface area contributed by atoms with Gasteiger partial charge in [-0.2, -0.15) is 0 Å². The van der Waals surface area contributed by atoms with Crippen molar-refractivity contribution in [2.24, 2.45) is 0 Å². The third kappa shape index (κ3) is 8.14. The fraction of sp³-hybridized carbons (Fsp3) is 0.379. The molecule has 3 rings (SSSR count). The van der Waals surface area contributed by atoms with E-state index in [1.807, 2.05) is 30.3 Å². The van der Waals surface area contributed by atoms with Crippen LogP contribution in [0.3, 0.4) is 0 Å². The number of non-ortho nitro benzene ring substituents is 1. The number of benzene rings is 2. The number of hydrogen-bond acceptors (Lipinski definition) is 10. The second kappa shape index (κ2) is 14.8. The SMILES string of the molecule is COC(=O)C1=C(C)NC(C)=C(C(=O)OCCCCNC[C@H](O)COc2ccccc2)C1c1cccc([N+](=O)[O-])c1. The largest absolute Gasteiger partial charge is 0.491 e. The van der Waals surface area contributed by atoms with E-state index < -0.39 is 28.9 Å². The lowest BCUT2D eigenvalue weighted by Crippen LogP contribution is -2.32. The standard InChI is InChI=1S/C29H35N3O8/c1-19-25(28(34)38-3)27(21-10-9-11-22(16-21)32(36)37)26(20(2)31-19)29(35)39-15-8-7-14-30-17-23(33)18-40-24-12-5-4-6-13-24/h4-6,9-13,16,23,27,30-31,33H,7-8,14-15,17-18H2,1-3H3/t23-,27?/m0/s1. The summed E-state index contributed by atoms with van der Waals surface area (Å²) in [6.07, 6.45) is 0.587. The molecule has 40 heavy (non-hydrogen) atoms. The van der Waals surface area contributed by atoms with Crippen LogP contribution in [0.25, 0.3) is 0 Å². The Morgan fingerprint density at radius 2 is 1.75 bits per heavy atom. The van der Waals surface area contributed by atoms with Gasteiger partial charge in [-0.05, 0) is 50.9 Å². The molecule has 2 aromatic carbocycles. The molecular formula is C29H35N3O8. The van der Waals surface area contributed by atoms with Gasteiger partial charge in [0.05, 0.1) is 35.7 Å². The molecule has 1 aliphatic heterocycles. The minimum atomic E-state index is -0.901. The van der Waals surface area contributed by atoms with Crippen molar-refractivity contribution in [3.63, 3.8) is 0 Å². The van der Waals surface area contributed by atoms with Crippen LogP contribution in [0, 0.1) is 10.1 Å². The molecule has 11 nitrogen and oxygen atoms in total. The molecule has 0 spiro atoms. The number of carbonyl (C=O) groups is 2. The minimum absolute atomic E-state index is 0.134. The lowest BCUT2D eigenvalue weighted by atomic mass is 9.80. The number of rotatable bonds is 14. The van der Waals surface area contributed by atoms with Crippen molar-refractivity contribution >= 4 is 17.6 Å². The Morgan fingerprint density at radius 3 is 2.42 bits per heavy atom. The number of para-hydroxylation sites is 1. The topological polar surface area (TPSA) is 149 Å². The third-order valence-corrected chi connectivity index (χ3v) is 6.35. The van der Waals surface area contributed by atoms with Crippen LogP contribution in [-0.4, -0.2) is 61.5 Å². The van der Waals surface area contributed by atoms with Gasteiger partial charge >= 0.3 is 11.9 Å². The number of esters is 2. The predicted molar refractivity (Wildman–Crippen MR) is 147 cm³/mol. The van der Waals surface area contributed by atoms with Crippen LogP contribution in [0.1, 0.15) is 38.2 Å². The van der Waals surface area contributed by atoms with Crippen LogP contribution < -0.4 is 15.4 Å². The molecule has 0 aliphatic carbocycles. The molecule has 1 heterocycles. The van der Waals surface area contributed by atoms with Crippen LogP contribution >= 0.6 is 0 Å². The fourth-order valence-corrected chi connectivity index (χ4v) is 4.43. The number of allylic oxidation sites excluding steroid dienone is 2. The van der Waals surface area contributed by atoms with Crippen molar-refractivity contribution in [3.05, 3.63) is 92.8 Å². The Balaban J connectivity index is 1.55. The molecule has 0 saturated carbocycles. The smallest absolute Gasteiger partial charge is 0.336 e. The van der Waals surface area contributed by atoms with E-state index in [9.17, 15) is 24.8 Å². The maximum Gasteiger partial charge on any atom is 0.336 e. The summed E-state index contributed by atoms with van der Waals surface area (Å²) in [4.78, 5) is 36.8. The molecule has 2 atom stereocenters. The van der Waals surface area contributed by atoms with Crippen LogP contribution in [-0.2, 0) is 19.1 Å². The Morgan fingerprint density at radius 1 is 1.05 bits per heavy atom. The summed E-state index contributed by atoms with van der Waals surface area (Å²) in [5.41, 5.74) is 1.58. The molecule has 2 aromatic rings. The maximum absolute atomic E-state index is 13.3. The lowest BCUT2D eigenvalue weighted by Gasteiger charge is -2.30. The molecule has 3 N–H and O–H groups in total. The number of nitro benzene ring substituents is 1. The quantitative estimate of drug-likeness (QED) is 0.138. The van der Waals surface area contributed by atoms with Gasteiger partial charge in [0.2, 0.25) is 0 Å². The number of carbonyl (C=O) groups excluding carboxylic acids is 2. The van der Waals surface area contributed by atoms with Gasteiger partial charge in [-0.1, -0.05) is 30.3 Å². The number of unbranched alkanes of at least 4 members (excludes halogenated alkanes) is 1. The summed E-state index contributed by atoms with van der Waals surface area (Å²) in [5, 5.41) is 27.7. The number of nitrogens with one attached hydrogen (secondary N) is 2. The van der Waals surface area contributed by atoms with E-state index >= 15 is 0 Å². The molecule has 1 unspecified atom stereocenters. The van der Waals surface area contributed by atoms with Crippen LogP contribution in [0.2, 0.25) is 0 Å². The van der Waals surface area contributed by atoms with Crippen molar-refractivity contribution < 1.29 is 33.8 Å². The molecule has 1 aliphatic rings. The summed E-state index contributed by atoms with van der Waals surface area (Å²) in [6, 6.07) is 15.1. The molecule has 11 heteroatoms. The monoisotopic (exact) mass is 553 g/mol.